The van der Waals surface area contributed by atoms with E-state index >= 15 is 0 Å². The summed E-state index contributed by atoms with van der Waals surface area (Å²) in [6.07, 6.45) is 0.456. The molecule has 3 heterocycles. The lowest BCUT2D eigenvalue weighted by molar-refractivity contribution is -0.154. The van der Waals surface area contributed by atoms with Crippen molar-refractivity contribution in [1.29, 1.82) is 0 Å². The summed E-state index contributed by atoms with van der Waals surface area (Å²) < 4.78 is 31.3. The van der Waals surface area contributed by atoms with Gasteiger partial charge in [0.05, 0.1) is 38.0 Å². The van der Waals surface area contributed by atoms with Crippen molar-refractivity contribution in [3.05, 3.63) is 47.4 Å². The molecule has 0 bridgehead atoms. The van der Waals surface area contributed by atoms with Crippen molar-refractivity contribution < 1.29 is 23.6 Å². The summed E-state index contributed by atoms with van der Waals surface area (Å²) in [6.45, 7) is 8.03. The fourth-order valence-electron chi connectivity index (χ4n) is 4.37. The van der Waals surface area contributed by atoms with Gasteiger partial charge in [0.25, 0.3) is 0 Å². The van der Waals surface area contributed by atoms with Crippen molar-refractivity contribution in [2.75, 3.05) is 44.7 Å². The maximum atomic E-state index is 12.0. The SMILES string of the molecule is CC(=O)OC1C(n2ncc3c(N(C)Cc4ccccc4)nc(Cl)nc32)O[C@H](COCCP(C)(C)=O)[C@H]1C. The Bertz CT molecular complexity index is 1280. The zero-order chi connectivity index (χ0) is 26.7. The van der Waals surface area contributed by atoms with E-state index < -0.39 is 25.4 Å². The first-order valence-electron chi connectivity index (χ1n) is 12.1. The molecule has 1 aliphatic heterocycles. The van der Waals surface area contributed by atoms with Crippen LogP contribution >= 0.6 is 18.7 Å². The van der Waals surface area contributed by atoms with Gasteiger partial charge in [-0.05, 0) is 30.5 Å². The van der Waals surface area contributed by atoms with E-state index in [1.165, 1.54) is 6.92 Å². The number of rotatable bonds is 10. The van der Waals surface area contributed by atoms with Crippen molar-refractivity contribution in [3.63, 3.8) is 0 Å². The van der Waals surface area contributed by atoms with Crippen LogP contribution in [-0.4, -0.2) is 77.7 Å². The number of ether oxygens (including phenoxy) is 3. The van der Waals surface area contributed by atoms with Gasteiger partial charge in [0.1, 0.15) is 5.82 Å². The zero-order valence-corrected chi connectivity index (χ0v) is 23.4. The van der Waals surface area contributed by atoms with Crippen LogP contribution in [0.1, 0.15) is 25.6 Å². The molecule has 0 radical (unpaired) electrons. The molecule has 1 aromatic carbocycles. The Labute approximate surface area is 221 Å². The van der Waals surface area contributed by atoms with Crippen molar-refractivity contribution in [2.24, 2.45) is 5.92 Å². The van der Waals surface area contributed by atoms with Gasteiger partial charge >= 0.3 is 5.97 Å². The molecule has 0 amide bonds. The number of esters is 1. The average Bonchev–Trinajstić information content (AvgIpc) is 3.37. The number of anilines is 1. The van der Waals surface area contributed by atoms with Crippen molar-refractivity contribution in [3.8, 4) is 0 Å². The minimum atomic E-state index is -2.17. The van der Waals surface area contributed by atoms with Gasteiger partial charge in [0.2, 0.25) is 5.28 Å². The predicted molar refractivity (Wildman–Crippen MR) is 143 cm³/mol. The molecule has 1 fully saturated rings. The molecule has 2 unspecified atom stereocenters. The first-order valence-corrected chi connectivity index (χ1v) is 15.3. The number of hydrogen-bond donors (Lipinski definition) is 0. The van der Waals surface area contributed by atoms with Crippen molar-refractivity contribution >= 4 is 41.6 Å². The summed E-state index contributed by atoms with van der Waals surface area (Å²) >= 11 is 6.35. The van der Waals surface area contributed by atoms with E-state index in [1.807, 2.05) is 49.2 Å². The highest BCUT2D eigenvalue weighted by atomic mass is 35.5. The second kappa shape index (κ2) is 11.5. The Hall–Kier alpha value is -2.52. The van der Waals surface area contributed by atoms with Gasteiger partial charge in [0, 0.05) is 32.6 Å². The molecule has 37 heavy (non-hydrogen) atoms. The largest absolute Gasteiger partial charge is 0.457 e. The zero-order valence-electron chi connectivity index (χ0n) is 21.7. The number of benzene rings is 1. The smallest absolute Gasteiger partial charge is 0.303 e. The molecule has 4 atom stereocenters. The number of carbonyl (C=O) groups is 1. The maximum absolute atomic E-state index is 12.0. The second-order valence-electron chi connectivity index (χ2n) is 9.86. The summed E-state index contributed by atoms with van der Waals surface area (Å²) in [7, 11) is -0.245. The number of fused-ring (bicyclic) bond motifs is 1. The van der Waals surface area contributed by atoms with Gasteiger partial charge in [-0.3, -0.25) is 4.79 Å². The predicted octanol–water partition coefficient (Wildman–Crippen LogP) is 4.22. The van der Waals surface area contributed by atoms with Crippen LogP contribution < -0.4 is 4.90 Å². The fraction of sp³-hybridized carbons (Fsp3) is 0.520. The number of halogens is 1. The number of nitrogens with zero attached hydrogens (tertiary/aromatic N) is 5. The van der Waals surface area contributed by atoms with Crippen LogP contribution in [0.15, 0.2) is 36.5 Å². The molecule has 0 aliphatic carbocycles. The molecule has 0 saturated carbocycles. The van der Waals surface area contributed by atoms with Crippen LogP contribution in [0.4, 0.5) is 5.82 Å². The summed E-state index contributed by atoms with van der Waals surface area (Å²) in [4.78, 5) is 22.8. The third-order valence-electron chi connectivity index (χ3n) is 6.33. The Morgan fingerprint density at radius 3 is 2.65 bits per heavy atom. The van der Waals surface area contributed by atoms with E-state index in [-0.39, 0.29) is 23.9 Å². The number of hydrogen-bond acceptors (Lipinski definition) is 9. The van der Waals surface area contributed by atoms with E-state index in [0.717, 1.165) is 5.56 Å². The third kappa shape index (κ3) is 6.68. The highest BCUT2D eigenvalue weighted by Crippen LogP contribution is 2.39. The lowest BCUT2D eigenvalue weighted by Crippen LogP contribution is -2.31. The van der Waals surface area contributed by atoms with Crippen LogP contribution in [0.25, 0.3) is 11.0 Å². The monoisotopic (exact) mass is 549 g/mol. The minimum absolute atomic E-state index is 0.0719. The highest BCUT2D eigenvalue weighted by molar-refractivity contribution is 7.62. The first-order chi connectivity index (χ1) is 17.5. The molecule has 10 nitrogen and oxygen atoms in total. The molecule has 0 N–H and O–H groups in total. The van der Waals surface area contributed by atoms with E-state index in [9.17, 15) is 9.36 Å². The van der Waals surface area contributed by atoms with Gasteiger partial charge in [-0.15, -0.1) is 0 Å². The van der Waals surface area contributed by atoms with E-state index in [2.05, 4.69) is 15.1 Å². The van der Waals surface area contributed by atoms with Gasteiger partial charge in [-0.25, -0.2) is 4.68 Å². The van der Waals surface area contributed by atoms with Crippen LogP contribution in [0, 0.1) is 5.92 Å². The molecule has 1 saturated heterocycles. The lowest BCUT2D eigenvalue weighted by atomic mass is 10.0. The average molecular weight is 550 g/mol. The Morgan fingerprint density at radius 2 is 1.97 bits per heavy atom. The molecular formula is C25H33ClN5O5P. The summed E-state index contributed by atoms with van der Waals surface area (Å²) in [5.41, 5.74) is 1.59. The summed E-state index contributed by atoms with van der Waals surface area (Å²) in [5, 5.41) is 5.33. The molecule has 200 valence electrons. The van der Waals surface area contributed by atoms with Gasteiger partial charge in [-0.2, -0.15) is 15.1 Å². The molecule has 12 heteroatoms. The van der Waals surface area contributed by atoms with Gasteiger partial charge in [0.15, 0.2) is 18.0 Å². The van der Waals surface area contributed by atoms with Crippen LogP contribution in [0.2, 0.25) is 5.28 Å². The van der Waals surface area contributed by atoms with E-state index in [0.29, 0.717) is 36.2 Å². The van der Waals surface area contributed by atoms with E-state index in [4.69, 9.17) is 25.8 Å². The Kier molecular flexibility index (Phi) is 8.53. The second-order valence-corrected chi connectivity index (χ2v) is 13.8. The quantitative estimate of drug-likeness (QED) is 0.159. The Balaban J connectivity index is 1.61. The van der Waals surface area contributed by atoms with Crippen molar-refractivity contribution in [1.82, 2.24) is 19.7 Å². The normalized spacial score (nSPS) is 21.9. The molecular weight excluding hydrogens is 517 g/mol. The lowest BCUT2D eigenvalue weighted by Gasteiger charge is -2.22. The van der Waals surface area contributed by atoms with E-state index in [1.54, 1.807) is 24.2 Å². The fourth-order valence-corrected chi connectivity index (χ4v) is 5.10. The molecule has 2 aromatic heterocycles. The van der Waals surface area contributed by atoms with Gasteiger partial charge in [-0.1, -0.05) is 37.3 Å². The Morgan fingerprint density at radius 1 is 1.24 bits per heavy atom. The third-order valence-corrected chi connectivity index (χ3v) is 7.76. The first kappa shape index (κ1) is 27.5. The number of carbonyl (C=O) groups excluding carboxylic acids is 1. The maximum Gasteiger partial charge on any atom is 0.303 e. The van der Waals surface area contributed by atoms with Crippen LogP contribution in [-0.2, 0) is 30.1 Å². The molecule has 4 rings (SSSR count). The number of aromatic nitrogens is 4. The minimum Gasteiger partial charge on any atom is -0.457 e. The summed E-state index contributed by atoms with van der Waals surface area (Å²) in [6, 6.07) is 10.0. The van der Waals surface area contributed by atoms with Crippen LogP contribution in [0.5, 0.6) is 0 Å². The topological polar surface area (TPSA) is 109 Å². The van der Waals surface area contributed by atoms with Gasteiger partial charge < -0.3 is 23.7 Å². The highest BCUT2D eigenvalue weighted by Gasteiger charge is 2.46. The molecule has 1 aliphatic rings. The molecule has 3 aromatic rings. The van der Waals surface area contributed by atoms with Crippen molar-refractivity contribution in [2.45, 2.75) is 38.8 Å². The summed E-state index contributed by atoms with van der Waals surface area (Å²) in [5.74, 6) is 0.0293. The van der Waals surface area contributed by atoms with Crippen LogP contribution in [0.3, 0.4) is 0 Å². The molecule has 0 spiro atoms. The standard InChI is InChI=1S/C25H33ClN5O5P/c1-16-20(15-34-11-12-37(4,5)33)36-24(21(16)35-17(2)32)31-23-19(13-27-31)22(28-25(26)29-23)30(3)14-18-9-7-6-8-10-18/h6-10,13,16,20-21,24H,11-12,14-15H2,1-5H3/t16-,20-,21?,24?/m1/s1.